The van der Waals surface area contributed by atoms with Crippen LogP contribution in [0.25, 0.3) is 0 Å². The molecule has 0 spiro atoms. The van der Waals surface area contributed by atoms with Gasteiger partial charge in [0.1, 0.15) is 6.54 Å². The minimum absolute atomic E-state index is 0.108. The van der Waals surface area contributed by atoms with Crippen LogP contribution in [0, 0.1) is 5.92 Å². The number of carbonyl (C=O) groups is 2. The summed E-state index contributed by atoms with van der Waals surface area (Å²) in [5.41, 5.74) is 0. The van der Waals surface area contributed by atoms with Crippen LogP contribution in [0.4, 0.5) is 0 Å². The van der Waals surface area contributed by atoms with Crippen molar-refractivity contribution in [2.45, 2.75) is 6.42 Å². The van der Waals surface area contributed by atoms with Crippen molar-refractivity contribution >= 4 is 11.9 Å². The van der Waals surface area contributed by atoms with Crippen molar-refractivity contribution in [2.75, 3.05) is 26.2 Å². The van der Waals surface area contributed by atoms with Gasteiger partial charge in [0.05, 0.1) is 0 Å². The van der Waals surface area contributed by atoms with Crippen LogP contribution < -0.4 is 5.32 Å². The minimum atomic E-state index is -0.989. The smallest absolute Gasteiger partial charge is 0.323 e. The molecule has 0 unspecified atom stereocenters. The SMILES string of the molecule is C=CCN(CC(=O)O)C(=O)CC1CNC1. The van der Waals surface area contributed by atoms with E-state index in [1.165, 1.54) is 4.90 Å². The van der Waals surface area contributed by atoms with Gasteiger partial charge in [0.15, 0.2) is 0 Å². The van der Waals surface area contributed by atoms with Crippen LogP contribution in [-0.2, 0) is 9.59 Å². The molecule has 0 atom stereocenters. The predicted molar refractivity (Wildman–Crippen MR) is 55.4 cm³/mol. The van der Waals surface area contributed by atoms with Crippen LogP contribution in [0.1, 0.15) is 6.42 Å². The van der Waals surface area contributed by atoms with Crippen LogP contribution in [-0.4, -0.2) is 48.1 Å². The Balaban J connectivity index is 2.41. The monoisotopic (exact) mass is 212 g/mol. The number of carboxylic acid groups (broad SMARTS) is 1. The van der Waals surface area contributed by atoms with Gasteiger partial charge in [-0.1, -0.05) is 6.08 Å². The Morgan fingerprint density at radius 1 is 1.53 bits per heavy atom. The molecule has 5 nitrogen and oxygen atoms in total. The molecular formula is C10H16N2O3. The van der Waals surface area contributed by atoms with E-state index in [4.69, 9.17) is 5.11 Å². The van der Waals surface area contributed by atoms with E-state index in [1.807, 2.05) is 0 Å². The van der Waals surface area contributed by atoms with Gasteiger partial charge in [0, 0.05) is 13.0 Å². The summed E-state index contributed by atoms with van der Waals surface area (Å²) in [7, 11) is 0. The zero-order chi connectivity index (χ0) is 11.3. The van der Waals surface area contributed by atoms with E-state index in [-0.39, 0.29) is 12.5 Å². The largest absolute Gasteiger partial charge is 0.480 e. The molecule has 0 radical (unpaired) electrons. The van der Waals surface area contributed by atoms with Crippen molar-refractivity contribution in [2.24, 2.45) is 5.92 Å². The Hall–Kier alpha value is -1.36. The summed E-state index contributed by atoms with van der Waals surface area (Å²) < 4.78 is 0. The summed E-state index contributed by atoms with van der Waals surface area (Å²) in [5, 5.41) is 11.7. The van der Waals surface area contributed by atoms with E-state index in [2.05, 4.69) is 11.9 Å². The first-order valence-corrected chi connectivity index (χ1v) is 4.94. The number of hydrogen-bond donors (Lipinski definition) is 2. The zero-order valence-corrected chi connectivity index (χ0v) is 8.61. The average Bonchev–Trinajstić information content (AvgIpc) is 2.09. The molecule has 0 bridgehead atoms. The molecule has 84 valence electrons. The highest BCUT2D eigenvalue weighted by molar-refractivity contribution is 5.81. The van der Waals surface area contributed by atoms with Gasteiger partial charge in [0.2, 0.25) is 5.91 Å². The van der Waals surface area contributed by atoms with E-state index in [9.17, 15) is 9.59 Å². The van der Waals surface area contributed by atoms with Crippen LogP contribution in [0.15, 0.2) is 12.7 Å². The van der Waals surface area contributed by atoms with Gasteiger partial charge in [-0.3, -0.25) is 9.59 Å². The number of nitrogens with zero attached hydrogens (tertiary/aromatic N) is 1. The molecule has 1 fully saturated rings. The molecule has 1 heterocycles. The van der Waals surface area contributed by atoms with Crippen LogP contribution >= 0.6 is 0 Å². The second kappa shape index (κ2) is 5.50. The molecule has 5 heteroatoms. The number of carboxylic acids is 1. The highest BCUT2D eigenvalue weighted by Gasteiger charge is 2.23. The van der Waals surface area contributed by atoms with Crippen LogP contribution in [0.3, 0.4) is 0 Å². The lowest BCUT2D eigenvalue weighted by molar-refractivity contribution is -0.144. The van der Waals surface area contributed by atoms with Crippen molar-refractivity contribution in [1.29, 1.82) is 0 Å². The minimum Gasteiger partial charge on any atom is -0.480 e. The first-order chi connectivity index (χ1) is 7.13. The maximum Gasteiger partial charge on any atom is 0.323 e. The zero-order valence-electron chi connectivity index (χ0n) is 8.61. The topological polar surface area (TPSA) is 69.6 Å². The van der Waals surface area contributed by atoms with Gasteiger partial charge in [-0.15, -0.1) is 6.58 Å². The van der Waals surface area contributed by atoms with Gasteiger partial charge >= 0.3 is 5.97 Å². The Labute approximate surface area is 88.8 Å². The van der Waals surface area contributed by atoms with Gasteiger partial charge in [-0.25, -0.2) is 0 Å². The molecule has 1 aliphatic rings. The summed E-state index contributed by atoms with van der Waals surface area (Å²) >= 11 is 0. The first-order valence-electron chi connectivity index (χ1n) is 4.94. The maximum atomic E-state index is 11.7. The van der Waals surface area contributed by atoms with Crippen molar-refractivity contribution in [3.05, 3.63) is 12.7 Å². The van der Waals surface area contributed by atoms with E-state index in [1.54, 1.807) is 6.08 Å². The number of aliphatic carboxylic acids is 1. The van der Waals surface area contributed by atoms with Gasteiger partial charge in [0.25, 0.3) is 0 Å². The molecule has 15 heavy (non-hydrogen) atoms. The van der Waals surface area contributed by atoms with E-state index >= 15 is 0 Å². The van der Waals surface area contributed by atoms with Crippen molar-refractivity contribution < 1.29 is 14.7 Å². The summed E-state index contributed by atoms with van der Waals surface area (Å²) in [4.78, 5) is 23.5. The van der Waals surface area contributed by atoms with Crippen molar-refractivity contribution in [3.63, 3.8) is 0 Å². The van der Waals surface area contributed by atoms with Gasteiger partial charge < -0.3 is 15.3 Å². The Morgan fingerprint density at radius 2 is 2.20 bits per heavy atom. The Bertz CT molecular complexity index is 261. The molecule has 1 amide bonds. The average molecular weight is 212 g/mol. The molecule has 0 aromatic heterocycles. The fourth-order valence-electron chi connectivity index (χ4n) is 1.44. The Kier molecular flexibility index (Phi) is 4.30. The maximum absolute atomic E-state index is 11.7. The third-order valence-electron chi connectivity index (χ3n) is 2.36. The fraction of sp³-hybridized carbons (Fsp3) is 0.600. The molecule has 0 aliphatic carbocycles. The number of nitrogens with one attached hydrogen (secondary N) is 1. The summed E-state index contributed by atoms with van der Waals surface area (Å²) in [5.74, 6) is -0.737. The van der Waals surface area contributed by atoms with Crippen molar-refractivity contribution in [1.82, 2.24) is 10.2 Å². The lowest BCUT2D eigenvalue weighted by atomic mass is 9.99. The second-order valence-corrected chi connectivity index (χ2v) is 3.69. The van der Waals surface area contributed by atoms with Crippen LogP contribution in [0.5, 0.6) is 0 Å². The molecule has 1 saturated heterocycles. The van der Waals surface area contributed by atoms with Crippen molar-refractivity contribution in [3.8, 4) is 0 Å². The highest BCUT2D eigenvalue weighted by atomic mass is 16.4. The van der Waals surface area contributed by atoms with Gasteiger partial charge in [-0.2, -0.15) is 0 Å². The molecule has 1 aliphatic heterocycles. The fourth-order valence-corrected chi connectivity index (χ4v) is 1.44. The predicted octanol–water partition coefficient (Wildman–Crippen LogP) is -0.305. The highest BCUT2D eigenvalue weighted by Crippen LogP contribution is 2.10. The van der Waals surface area contributed by atoms with E-state index in [0.717, 1.165) is 13.1 Å². The quantitative estimate of drug-likeness (QED) is 0.593. The molecule has 0 aromatic rings. The van der Waals surface area contributed by atoms with E-state index in [0.29, 0.717) is 18.9 Å². The first kappa shape index (κ1) is 11.7. The number of amides is 1. The third-order valence-corrected chi connectivity index (χ3v) is 2.36. The molecule has 0 saturated carbocycles. The van der Waals surface area contributed by atoms with Gasteiger partial charge in [-0.05, 0) is 19.0 Å². The number of carbonyl (C=O) groups excluding carboxylic acids is 1. The lowest BCUT2D eigenvalue weighted by Crippen LogP contribution is -2.46. The number of hydrogen-bond acceptors (Lipinski definition) is 3. The molecule has 2 N–H and O–H groups in total. The Morgan fingerprint density at radius 3 is 2.60 bits per heavy atom. The van der Waals surface area contributed by atoms with E-state index < -0.39 is 5.97 Å². The molecule has 0 aromatic carbocycles. The molecular weight excluding hydrogens is 196 g/mol. The standard InChI is InChI=1S/C10H16N2O3/c1-2-3-12(7-10(14)15)9(13)4-8-5-11-6-8/h2,8,11H,1,3-7H2,(H,14,15). The lowest BCUT2D eigenvalue weighted by Gasteiger charge is -2.29. The summed E-state index contributed by atoms with van der Waals surface area (Å²) in [6.45, 7) is 5.25. The normalized spacial score (nSPS) is 15.5. The summed E-state index contributed by atoms with van der Waals surface area (Å²) in [6.07, 6.45) is 1.97. The summed E-state index contributed by atoms with van der Waals surface area (Å²) in [6, 6.07) is 0. The third kappa shape index (κ3) is 3.71. The van der Waals surface area contributed by atoms with Crippen LogP contribution in [0.2, 0.25) is 0 Å². The second-order valence-electron chi connectivity index (χ2n) is 3.69. The molecule has 1 rings (SSSR count). The number of rotatable bonds is 6.